The number of nitriles is 1. The second-order valence-electron chi connectivity index (χ2n) is 4.38. The van der Waals surface area contributed by atoms with E-state index in [1.807, 2.05) is 0 Å². The fourth-order valence-corrected chi connectivity index (χ4v) is 2.29. The molecule has 90 valence electrons. The monoisotopic (exact) mass is 231 g/mol. The fourth-order valence-electron chi connectivity index (χ4n) is 2.29. The quantitative estimate of drug-likeness (QED) is 0.867. The first-order valence-electron chi connectivity index (χ1n) is 5.98. The average Bonchev–Trinajstić information content (AvgIpc) is 2.39. The molecule has 0 aliphatic heterocycles. The molecule has 0 saturated heterocycles. The number of pyridine rings is 1. The molecule has 17 heavy (non-hydrogen) atoms. The number of methoxy groups -OCH3 is 1. The molecule has 1 aromatic heterocycles. The Morgan fingerprint density at radius 1 is 1.53 bits per heavy atom. The van der Waals surface area contributed by atoms with Crippen LogP contribution in [0.2, 0.25) is 0 Å². The van der Waals surface area contributed by atoms with E-state index in [1.54, 1.807) is 25.4 Å². The standard InChI is InChI=1S/C13H17N3O/c1-17-12-6-2-5-11(8-12)16-13-10(9-14)4-3-7-15-13/h3-4,7,11-12H,2,5-6,8H2,1H3,(H,15,16). The summed E-state index contributed by atoms with van der Waals surface area (Å²) in [6, 6.07) is 6.08. The lowest BCUT2D eigenvalue weighted by atomic mass is 9.93. The fraction of sp³-hybridized carbons (Fsp3) is 0.538. The van der Waals surface area contributed by atoms with E-state index in [9.17, 15) is 0 Å². The van der Waals surface area contributed by atoms with E-state index in [2.05, 4.69) is 16.4 Å². The Bertz CT molecular complexity index is 413. The Hall–Kier alpha value is -1.60. The van der Waals surface area contributed by atoms with Crippen molar-refractivity contribution in [1.29, 1.82) is 5.26 Å². The highest BCUT2D eigenvalue weighted by atomic mass is 16.5. The van der Waals surface area contributed by atoms with E-state index in [0.29, 0.717) is 23.5 Å². The summed E-state index contributed by atoms with van der Waals surface area (Å²) < 4.78 is 5.39. The van der Waals surface area contributed by atoms with Gasteiger partial charge in [0.1, 0.15) is 11.9 Å². The third kappa shape index (κ3) is 2.95. The van der Waals surface area contributed by atoms with Crippen LogP contribution in [0.25, 0.3) is 0 Å². The molecule has 2 unspecified atom stereocenters. The van der Waals surface area contributed by atoms with Crippen LogP contribution in [0.1, 0.15) is 31.2 Å². The van der Waals surface area contributed by atoms with Gasteiger partial charge in [0.05, 0.1) is 11.7 Å². The van der Waals surface area contributed by atoms with Gasteiger partial charge in [0, 0.05) is 19.3 Å². The number of ether oxygens (including phenoxy) is 1. The van der Waals surface area contributed by atoms with Crippen LogP contribution in [0, 0.1) is 11.3 Å². The van der Waals surface area contributed by atoms with Crippen molar-refractivity contribution in [2.75, 3.05) is 12.4 Å². The van der Waals surface area contributed by atoms with Gasteiger partial charge >= 0.3 is 0 Å². The average molecular weight is 231 g/mol. The van der Waals surface area contributed by atoms with Crippen molar-refractivity contribution in [3.8, 4) is 6.07 Å². The lowest BCUT2D eigenvalue weighted by Crippen LogP contribution is -2.31. The minimum Gasteiger partial charge on any atom is -0.381 e. The van der Waals surface area contributed by atoms with Gasteiger partial charge in [-0.25, -0.2) is 4.98 Å². The Balaban J connectivity index is 2.03. The van der Waals surface area contributed by atoms with Gasteiger partial charge in [-0.1, -0.05) is 0 Å². The van der Waals surface area contributed by atoms with E-state index in [4.69, 9.17) is 10.00 Å². The van der Waals surface area contributed by atoms with Crippen molar-refractivity contribution < 1.29 is 4.74 Å². The molecule has 0 radical (unpaired) electrons. The third-order valence-corrected chi connectivity index (χ3v) is 3.23. The molecule has 1 fully saturated rings. The zero-order valence-electron chi connectivity index (χ0n) is 10.0. The van der Waals surface area contributed by atoms with Crippen LogP contribution in [0.4, 0.5) is 5.82 Å². The van der Waals surface area contributed by atoms with Gasteiger partial charge < -0.3 is 10.1 Å². The van der Waals surface area contributed by atoms with Gasteiger partial charge in [0.15, 0.2) is 0 Å². The molecule has 1 aromatic rings. The Kier molecular flexibility index (Phi) is 3.94. The van der Waals surface area contributed by atoms with E-state index in [0.717, 1.165) is 25.7 Å². The van der Waals surface area contributed by atoms with Crippen molar-refractivity contribution >= 4 is 5.82 Å². The molecule has 1 saturated carbocycles. The number of nitrogens with zero attached hydrogens (tertiary/aromatic N) is 2. The number of rotatable bonds is 3. The maximum atomic E-state index is 8.99. The summed E-state index contributed by atoms with van der Waals surface area (Å²) in [4.78, 5) is 4.22. The van der Waals surface area contributed by atoms with Crippen molar-refractivity contribution in [2.45, 2.75) is 37.8 Å². The summed E-state index contributed by atoms with van der Waals surface area (Å²) >= 11 is 0. The van der Waals surface area contributed by atoms with Crippen molar-refractivity contribution in [2.24, 2.45) is 0 Å². The van der Waals surface area contributed by atoms with E-state index >= 15 is 0 Å². The molecule has 2 atom stereocenters. The Labute approximate surface area is 102 Å². The van der Waals surface area contributed by atoms with Gasteiger partial charge in [-0.15, -0.1) is 0 Å². The summed E-state index contributed by atoms with van der Waals surface area (Å²) in [5, 5.41) is 12.3. The first kappa shape index (κ1) is 11.9. The molecule has 4 nitrogen and oxygen atoms in total. The van der Waals surface area contributed by atoms with E-state index in [-0.39, 0.29) is 0 Å². The molecular weight excluding hydrogens is 214 g/mol. The van der Waals surface area contributed by atoms with Crippen LogP contribution < -0.4 is 5.32 Å². The summed E-state index contributed by atoms with van der Waals surface area (Å²) in [6.07, 6.45) is 6.42. The topological polar surface area (TPSA) is 57.9 Å². The maximum Gasteiger partial charge on any atom is 0.144 e. The first-order chi connectivity index (χ1) is 8.33. The van der Waals surface area contributed by atoms with Gasteiger partial charge in [-0.3, -0.25) is 0 Å². The third-order valence-electron chi connectivity index (χ3n) is 3.23. The van der Waals surface area contributed by atoms with Gasteiger partial charge in [-0.05, 0) is 37.8 Å². The molecule has 0 spiro atoms. The Morgan fingerprint density at radius 3 is 3.18 bits per heavy atom. The SMILES string of the molecule is COC1CCCC(Nc2ncccc2C#N)C1. The van der Waals surface area contributed by atoms with Crippen LogP contribution in [0.5, 0.6) is 0 Å². The van der Waals surface area contributed by atoms with Crippen LogP contribution in [0.3, 0.4) is 0 Å². The van der Waals surface area contributed by atoms with Crippen LogP contribution in [-0.4, -0.2) is 24.2 Å². The summed E-state index contributed by atoms with van der Waals surface area (Å²) in [5.74, 6) is 0.691. The normalized spacial score (nSPS) is 24.0. The highest BCUT2D eigenvalue weighted by Crippen LogP contribution is 2.24. The number of hydrogen-bond donors (Lipinski definition) is 1. The smallest absolute Gasteiger partial charge is 0.144 e. The highest BCUT2D eigenvalue weighted by Gasteiger charge is 2.22. The number of anilines is 1. The predicted octanol–water partition coefficient (Wildman–Crippen LogP) is 2.32. The minimum absolute atomic E-state index is 0.329. The highest BCUT2D eigenvalue weighted by molar-refractivity contribution is 5.51. The molecule has 1 heterocycles. The number of hydrogen-bond acceptors (Lipinski definition) is 4. The molecule has 0 bridgehead atoms. The second kappa shape index (κ2) is 5.65. The molecule has 2 rings (SSSR count). The van der Waals surface area contributed by atoms with Crippen LogP contribution >= 0.6 is 0 Å². The molecule has 4 heteroatoms. The maximum absolute atomic E-state index is 8.99. The van der Waals surface area contributed by atoms with Crippen molar-refractivity contribution in [3.63, 3.8) is 0 Å². The second-order valence-corrected chi connectivity index (χ2v) is 4.38. The lowest BCUT2D eigenvalue weighted by Gasteiger charge is -2.29. The summed E-state index contributed by atoms with van der Waals surface area (Å²) in [6.45, 7) is 0. The minimum atomic E-state index is 0.329. The molecule has 1 aliphatic rings. The van der Waals surface area contributed by atoms with E-state index in [1.165, 1.54) is 0 Å². The molecule has 1 aliphatic carbocycles. The largest absolute Gasteiger partial charge is 0.381 e. The van der Waals surface area contributed by atoms with Crippen molar-refractivity contribution in [1.82, 2.24) is 4.98 Å². The molecule has 0 aromatic carbocycles. The zero-order valence-corrected chi connectivity index (χ0v) is 10.0. The van der Waals surface area contributed by atoms with Gasteiger partial charge in [0.2, 0.25) is 0 Å². The van der Waals surface area contributed by atoms with Crippen molar-refractivity contribution in [3.05, 3.63) is 23.9 Å². The predicted molar refractivity (Wildman–Crippen MR) is 65.6 cm³/mol. The van der Waals surface area contributed by atoms with Crippen LogP contribution in [-0.2, 0) is 4.74 Å². The van der Waals surface area contributed by atoms with Crippen LogP contribution in [0.15, 0.2) is 18.3 Å². The lowest BCUT2D eigenvalue weighted by molar-refractivity contribution is 0.0669. The van der Waals surface area contributed by atoms with Gasteiger partial charge in [0.25, 0.3) is 0 Å². The first-order valence-corrected chi connectivity index (χ1v) is 5.98. The zero-order chi connectivity index (χ0) is 12.1. The summed E-state index contributed by atoms with van der Waals surface area (Å²) in [5.41, 5.74) is 0.604. The summed E-state index contributed by atoms with van der Waals surface area (Å²) in [7, 11) is 1.76. The number of nitrogens with one attached hydrogen (secondary N) is 1. The number of aromatic nitrogens is 1. The molecular formula is C13H17N3O. The molecule has 0 amide bonds. The molecule has 1 N–H and O–H groups in total. The Morgan fingerprint density at radius 2 is 2.41 bits per heavy atom. The van der Waals surface area contributed by atoms with Gasteiger partial charge in [-0.2, -0.15) is 5.26 Å². The van der Waals surface area contributed by atoms with E-state index < -0.39 is 0 Å².